The zero-order valence-corrected chi connectivity index (χ0v) is 9.68. The van der Waals surface area contributed by atoms with E-state index in [2.05, 4.69) is 43.3 Å². The van der Waals surface area contributed by atoms with Crippen molar-refractivity contribution >= 4 is 11.3 Å². The first kappa shape index (κ1) is 10.4. The summed E-state index contributed by atoms with van der Waals surface area (Å²) in [4.78, 5) is 2.55. The molecule has 0 radical (unpaired) electrons. The van der Waals surface area contributed by atoms with E-state index in [1.807, 2.05) is 0 Å². The normalized spacial score (nSPS) is 10.5. The van der Waals surface area contributed by atoms with Crippen LogP contribution in [0.15, 0.2) is 36.4 Å². The minimum absolute atomic E-state index is 0.637. The van der Waals surface area contributed by atoms with Crippen LogP contribution in [0.1, 0.15) is 17.4 Å². The molecule has 1 aromatic carbocycles. The molecule has 2 aromatic rings. The topological polar surface area (TPSA) is 26.0 Å². The van der Waals surface area contributed by atoms with Gasteiger partial charge < -0.3 is 5.73 Å². The Morgan fingerprint density at radius 1 is 1.20 bits per heavy atom. The van der Waals surface area contributed by atoms with Crippen LogP contribution in [0.5, 0.6) is 0 Å². The van der Waals surface area contributed by atoms with Crippen molar-refractivity contribution in [2.24, 2.45) is 5.73 Å². The van der Waals surface area contributed by atoms with Crippen LogP contribution in [0, 0.1) is 0 Å². The summed E-state index contributed by atoms with van der Waals surface area (Å²) in [6.07, 6.45) is 1.09. The molecule has 0 atom stereocenters. The quantitative estimate of drug-likeness (QED) is 0.837. The number of aryl methyl sites for hydroxylation is 1. The van der Waals surface area contributed by atoms with Gasteiger partial charge in [0.2, 0.25) is 0 Å². The van der Waals surface area contributed by atoms with Crippen LogP contribution < -0.4 is 5.73 Å². The van der Waals surface area contributed by atoms with E-state index in [0.29, 0.717) is 6.54 Å². The van der Waals surface area contributed by atoms with Crippen LogP contribution in [0.25, 0.3) is 10.4 Å². The molecular formula is C13H15NS. The summed E-state index contributed by atoms with van der Waals surface area (Å²) >= 11 is 1.78. The van der Waals surface area contributed by atoms with Crippen LogP contribution in [-0.2, 0) is 13.0 Å². The average Bonchev–Trinajstić information content (AvgIpc) is 2.78. The van der Waals surface area contributed by atoms with Crippen LogP contribution in [-0.4, -0.2) is 0 Å². The van der Waals surface area contributed by atoms with Gasteiger partial charge in [-0.25, -0.2) is 0 Å². The zero-order valence-electron chi connectivity index (χ0n) is 8.86. The van der Waals surface area contributed by atoms with E-state index in [1.54, 1.807) is 11.3 Å². The van der Waals surface area contributed by atoms with Crippen molar-refractivity contribution in [3.05, 3.63) is 46.8 Å². The molecule has 0 spiro atoms. The van der Waals surface area contributed by atoms with Gasteiger partial charge in [0.05, 0.1) is 0 Å². The Labute approximate surface area is 94.6 Å². The van der Waals surface area contributed by atoms with Gasteiger partial charge in [0.25, 0.3) is 0 Å². The first-order chi connectivity index (χ1) is 7.33. The minimum Gasteiger partial charge on any atom is -0.326 e. The van der Waals surface area contributed by atoms with E-state index >= 15 is 0 Å². The van der Waals surface area contributed by atoms with Crippen molar-refractivity contribution in [2.45, 2.75) is 19.9 Å². The Balaban J connectivity index is 2.35. The summed E-state index contributed by atoms with van der Waals surface area (Å²) in [5.74, 6) is 0. The van der Waals surface area contributed by atoms with Gasteiger partial charge in [-0.1, -0.05) is 31.2 Å². The first-order valence-electron chi connectivity index (χ1n) is 5.21. The molecule has 0 unspecified atom stereocenters. The van der Waals surface area contributed by atoms with Crippen LogP contribution in [0.2, 0.25) is 0 Å². The number of benzene rings is 1. The number of nitrogens with two attached hydrogens (primary N) is 1. The van der Waals surface area contributed by atoms with Crippen LogP contribution in [0.4, 0.5) is 0 Å². The van der Waals surface area contributed by atoms with Crippen molar-refractivity contribution in [3.8, 4) is 10.4 Å². The maximum atomic E-state index is 5.61. The number of thiophene rings is 1. The summed E-state index contributed by atoms with van der Waals surface area (Å²) in [7, 11) is 0. The van der Waals surface area contributed by atoms with Crippen molar-refractivity contribution in [2.75, 3.05) is 0 Å². The fourth-order valence-electron chi connectivity index (χ4n) is 1.59. The molecule has 0 saturated heterocycles. The molecule has 0 aliphatic rings. The summed E-state index contributed by atoms with van der Waals surface area (Å²) in [6, 6.07) is 13.0. The van der Waals surface area contributed by atoms with Crippen molar-refractivity contribution in [3.63, 3.8) is 0 Å². The Hall–Kier alpha value is -1.12. The standard InChI is InChI=1S/C13H15NS/c1-2-10-4-3-5-11(8-10)13-7-6-12(9-14)15-13/h3-8H,2,9,14H2,1H3. The van der Waals surface area contributed by atoms with E-state index in [4.69, 9.17) is 5.73 Å². The zero-order chi connectivity index (χ0) is 10.7. The molecule has 0 fully saturated rings. The summed E-state index contributed by atoms with van der Waals surface area (Å²) < 4.78 is 0. The van der Waals surface area contributed by atoms with Crippen LogP contribution in [0.3, 0.4) is 0 Å². The third kappa shape index (κ3) is 2.28. The molecule has 0 bridgehead atoms. The Kier molecular flexibility index (Phi) is 3.19. The maximum Gasteiger partial charge on any atom is 0.0346 e. The molecule has 78 valence electrons. The molecule has 15 heavy (non-hydrogen) atoms. The molecular weight excluding hydrogens is 202 g/mol. The maximum absolute atomic E-state index is 5.61. The Morgan fingerprint density at radius 2 is 2.07 bits per heavy atom. The van der Waals surface area contributed by atoms with Crippen molar-refractivity contribution in [1.29, 1.82) is 0 Å². The highest BCUT2D eigenvalue weighted by atomic mass is 32.1. The van der Waals surface area contributed by atoms with E-state index in [9.17, 15) is 0 Å². The van der Waals surface area contributed by atoms with Gasteiger partial charge in [-0.05, 0) is 29.7 Å². The number of hydrogen-bond donors (Lipinski definition) is 1. The molecule has 1 nitrogen and oxygen atoms in total. The van der Waals surface area contributed by atoms with Gasteiger partial charge in [-0.2, -0.15) is 0 Å². The molecule has 2 N–H and O–H groups in total. The molecule has 0 amide bonds. The Morgan fingerprint density at radius 3 is 2.73 bits per heavy atom. The number of rotatable bonds is 3. The van der Waals surface area contributed by atoms with E-state index in [-0.39, 0.29) is 0 Å². The molecule has 0 saturated carbocycles. The summed E-state index contributed by atoms with van der Waals surface area (Å²) in [5, 5.41) is 0. The SMILES string of the molecule is CCc1cccc(-c2ccc(CN)s2)c1. The van der Waals surface area contributed by atoms with Crippen molar-refractivity contribution < 1.29 is 0 Å². The molecule has 2 heteroatoms. The third-order valence-electron chi connectivity index (χ3n) is 2.48. The molecule has 1 heterocycles. The highest BCUT2D eigenvalue weighted by molar-refractivity contribution is 7.15. The van der Waals surface area contributed by atoms with E-state index in [1.165, 1.54) is 20.9 Å². The fraction of sp³-hybridized carbons (Fsp3) is 0.231. The largest absolute Gasteiger partial charge is 0.326 e. The van der Waals surface area contributed by atoms with Gasteiger partial charge in [-0.15, -0.1) is 11.3 Å². The lowest BCUT2D eigenvalue weighted by Gasteiger charge is -2.00. The average molecular weight is 217 g/mol. The van der Waals surface area contributed by atoms with Gasteiger partial charge in [0.15, 0.2) is 0 Å². The molecule has 0 aliphatic heterocycles. The summed E-state index contributed by atoms with van der Waals surface area (Å²) in [5.41, 5.74) is 8.30. The lowest BCUT2D eigenvalue weighted by atomic mass is 10.1. The molecule has 0 aliphatic carbocycles. The predicted octanol–water partition coefficient (Wildman–Crippen LogP) is 3.44. The smallest absolute Gasteiger partial charge is 0.0346 e. The van der Waals surface area contributed by atoms with E-state index in [0.717, 1.165) is 6.42 Å². The highest BCUT2D eigenvalue weighted by Crippen LogP contribution is 2.28. The monoisotopic (exact) mass is 217 g/mol. The predicted molar refractivity (Wildman–Crippen MR) is 67.0 cm³/mol. The van der Waals surface area contributed by atoms with Gasteiger partial charge in [0.1, 0.15) is 0 Å². The Bertz CT molecular complexity index is 445. The molecule has 2 rings (SSSR count). The fourth-order valence-corrected chi connectivity index (χ4v) is 2.47. The van der Waals surface area contributed by atoms with Crippen LogP contribution >= 0.6 is 11.3 Å². The lowest BCUT2D eigenvalue weighted by Crippen LogP contribution is -1.91. The lowest BCUT2D eigenvalue weighted by molar-refractivity contribution is 1.11. The summed E-state index contributed by atoms with van der Waals surface area (Å²) in [6.45, 7) is 2.82. The second-order valence-electron chi connectivity index (χ2n) is 3.52. The van der Waals surface area contributed by atoms with Crippen molar-refractivity contribution in [1.82, 2.24) is 0 Å². The van der Waals surface area contributed by atoms with Gasteiger partial charge >= 0.3 is 0 Å². The first-order valence-corrected chi connectivity index (χ1v) is 6.03. The second-order valence-corrected chi connectivity index (χ2v) is 4.69. The molecule has 1 aromatic heterocycles. The minimum atomic E-state index is 0.637. The third-order valence-corrected chi connectivity index (χ3v) is 3.64. The van der Waals surface area contributed by atoms with Gasteiger partial charge in [0, 0.05) is 16.3 Å². The highest BCUT2D eigenvalue weighted by Gasteiger charge is 2.02. The van der Waals surface area contributed by atoms with Gasteiger partial charge in [-0.3, -0.25) is 0 Å². The number of hydrogen-bond acceptors (Lipinski definition) is 2. The van der Waals surface area contributed by atoms with E-state index < -0.39 is 0 Å². The second kappa shape index (κ2) is 4.60.